The van der Waals surface area contributed by atoms with Crippen LogP contribution in [0, 0.1) is 0 Å². The third-order valence-corrected chi connectivity index (χ3v) is 4.19. The van der Waals surface area contributed by atoms with Gasteiger partial charge in [0, 0.05) is 6.04 Å². The Balaban J connectivity index is 4.25. The molecule has 0 spiro atoms. The highest BCUT2D eigenvalue weighted by Gasteiger charge is 2.06. The Labute approximate surface area is 140 Å². The van der Waals surface area contributed by atoms with Crippen LogP contribution in [0.1, 0.15) is 66.2 Å². The molecule has 2 heteroatoms. The lowest BCUT2D eigenvalue weighted by molar-refractivity contribution is 0.451. The first-order valence-electron chi connectivity index (χ1n) is 9.39. The highest BCUT2D eigenvalue weighted by atomic mass is 14.9. The third-order valence-electron chi connectivity index (χ3n) is 4.19. The predicted octanol–water partition coefficient (Wildman–Crippen LogP) is 5.68. The molecule has 0 aromatic carbocycles. The minimum atomic E-state index is 0.680. The van der Waals surface area contributed by atoms with E-state index in [1.54, 1.807) is 0 Å². The van der Waals surface area contributed by atoms with E-state index in [1.807, 2.05) is 0 Å². The normalized spacial score (nSPS) is 15.6. The van der Waals surface area contributed by atoms with Gasteiger partial charge in [-0.1, -0.05) is 63.0 Å². The smallest absolute Gasteiger partial charge is 0.126 e. The van der Waals surface area contributed by atoms with E-state index >= 15 is 0 Å². The van der Waals surface area contributed by atoms with Gasteiger partial charge in [-0.2, -0.15) is 0 Å². The Hall–Kier alpha value is -0.755. The first kappa shape index (κ1) is 21.2. The molecule has 0 radical (unpaired) electrons. The van der Waals surface area contributed by atoms with Crippen molar-refractivity contribution in [1.82, 2.24) is 5.32 Å². The van der Waals surface area contributed by atoms with Gasteiger partial charge in [0.15, 0.2) is 0 Å². The summed E-state index contributed by atoms with van der Waals surface area (Å²) < 4.78 is 0. The fourth-order valence-corrected chi connectivity index (χ4v) is 2.78. The zero-order chi connectivity index (χ0) is 16.6. The van der Waals surface area contributed by atoms with E-state index < -0.39 is 0 Å². The van der Waals surface area contributed by atoms with Crippen molar-refractivity contribution in [2.24, 2.45) is 0 Å². The van der Waals surface area contributed by atoms with Gasteiger partial charge in [0.1, 0.15) is 7.28 Å². The lowest BCUT2D eigenvalue weighted by Gasteiger charge is -2.16. The molecule has 22 heavy (non-hydrogen) atoms. The minimum absolute atomic E-state index is 0.680. The van der Waals surface area contributed by atoms with Crippen molar-refractivity contribution in [2.75, 3.05) is 6.54 Å². The molecule has 0 heterocycles. The van der Waals surface area contributed by atoms with E-state index in [2.05, 4.69) is 70.2 Å². The Kier molecular flexibility index (Phi) is 14.6. The van der Waals surface area contributed by atoms with Crippen molar-refractivity contribution in [3.05, 3.63) is 36.0 Å². The van der Waals surface area contributed by atoms with Crippen molar-refractivity contribution in [3.63, 3.8) is 0 Å². The Bertz CT molecular complexity index is 331. The zero-order valence-electron chi connectivity index (χ0n) is 15.7. The first-order valence-corrected chi connectivity index (χ1v) is 9.39. The molecular weight excluding hydrogens is 265 g/mol. The van der Waals surface area contributed by atoms with E-state index in [9.17, 15) is 0 Å². The average molecular weight is 303 g/mol. The van der Waals surface area contributed by atoms with Crippen LogP contribution in [0.15, 0.2) is 36.0 Å². The van der Waals surface area contributed by atoms with Gasteiger partial charge in [-0.25, -0.2) is 0 Å². The molecular formula is C20H38BN. The van der Waals surface area contributed by atoms with Crippen molar-refractivity contribution >= 4 is 7.28 Å². The molecule has 0 fully saturated rings. The van der Waals surface area contributed by atoms with Crippen LogP contribution in [-0.4, -0.2) is 19.9 Å². The number of allylic oxidation sites excluding steroid dienone is 6. The van der Waals surface area contributed by atoms with E-state index in [1.165, 1.54) is 51.4 Å². The summed E-state index contributed by atoms with van der Waals surface area (Å²) in [4.78, 5) is 0. The van der Waals surface area contributed by atoms with Gasteiger partial charge < -0.3 is 5.32 Å². The third kappa shape index (κ3) is 10.9. The van der Waals surface area contributed by atoms with Crippen LogP contribution < -0.4 is 5.32 Å². The maximum atomic E-state index is 3.67. The molecule has 0 aliphatic carbocycles. The molecule has 0 bridgehead atoms. The molecule has 0 aliphatic rings. The summed E-state index contributed by atoms with van der Waals surface area (Å²) in [7, 11) is 1.22. The molecule has 0 aromatic rings. The molecule has 0 saturated heterocycles. The number of rotatable bonds is 13. The van der Waals surface area contributed by atoms with Crippen molar-refractivity contribution in [3.8, 4) is 0 Å². The van der Waals surface area contributed by atoms with Gasteiger partial charge in [-0.3, -0.25) is 0 Å². The standard InChI is InChI=1S/C20H38BN/c1-6-12-19(21-5)17-18(9-4)14-10-11-15-20(13-7-2)22-16-8-3/h6,9-10,12,14,19-22H,7-8,11,13,15-17H2,1-5H3/b12-6-,14-10-,18-9+. The summed E-state index contributed by atoms with van der Waals surface area (Å²) in [5, 5.41) is 3.67. The molecule has 0 amide bonds. The van der Waals surface area contributed by atoms with Crippen LogP contribution in [0.4, 0.5) is 0 Å². The second-order valence-electron chi connectivity index (χ2n) is 6.18. The number of hydrogen-bond donors (Lipinski definition) is 1. The van der Waals surface area contributed by atoms with Gasteiger partial charge >= 0.3 is 0 Å². The van der Waals surface area contributed by atoms with Gasteiger partial charge in [0.05, 0.1) is 0 Å². The topological polar surface area (TPSA) is 12.0 Å². The second-order valence-corrected chi connectivity index (χ2v) is 6.18. The van der Waals surface area contributed by atoms with Gasteiger partial charge in [0.25, 0.3) is 0 Å². The van der Waals surface area contributed by atoms with Gasteiger partial charge in [-0.05, 0) is 58.3 Å². The van der Waals surface area contributed by atoms with Crippen LogP contribution in [0.25, 0.3) is 0 Å². The summed E-state index contributed by atoms with van der Waals surface area (Å²) in [6.45, 7) is 12.2. The van der Waals surface area contributed by atoms with Crippen LogP contribution in [0.2, 0.25) is 12.6 Å². The van der Waals surface area contributed by atoms with Crippen molar-refractivity contribution in [2.45, 2.75) is 84.9 Å². The highest BCUT2D eigenvalue weighted by molar-refractivity contribution is 6.36. The maximum absolute atomic E-state index is 3.67. The molecule has 1 nitrogen and oxygen atoms in total. The Morgan fingerprint density at radius 1 is 1.14 bits per heavy atom. The fraction of sp³-hybridized carbons (Fsp3) is 0.700. The SMILES string of the molecule is CBC(/C=C\C)CC(/C=C\CCC(CCC)NCCC)=C/C. The van der Waals surface area contributed by atoms with E-state index in [4.69, 9.17) is 0 Å². The van der Waals surface area contributed by atoms with E-state index in [0.717, 1.165) is 6.54 Å². The Morgan fingerprint density at radius 3 is 2.45 bits per heavy atom. The minimum Gasteiger partial charge on any atom is -0.314 e. The van der Waals surface area contributed by atoms with E-state index in [0.29, 0.717) is 11.9 Å². The lowest BCUT2D eigenvalue weighted by Crippen LogP contribution is -2.29. The summed E-state index contributed by atoms with van der Waals surface area (Å²) in [6.07, 6.45) is 18.9. The van der Waals surface area contributed by atoms with Gasteiger partial charge in [-0.15, -0.1) is 0 Å². The predicted molar refractivity (Wildman–Crippen MR) is 105 cm³/mol. The lowest BCUT2D eigenvalue weighted by atomic mass is 9.64. The molecule has 0 aromatic heterocycles. The molecule has 126 valence electrons. The van der Waals surface area contributed by atoms with Gasteiger partial charge in [0.2, 0.25) is 0 Å². The van der Waals surface area contributed by atoms with Crippen LogP contribution in [0.3, 0.4) is 0 Å². The second kappa shape index (κ2) is 15.2. The quantitative estimate of drug-likeness (QED) is 0.262. The molecule has 2 atom stereocenters. The number of nitrogens with one attached hydrogen (secondary N) is 1. The van der Waals surface area contributed by atoms with Crippen LogP contribution in [0.5, 0.6) is 0 Å². The molecule has 0 rings (SSSR count). The molecule has 0 aliphatic heterocycles. The summed E-state index contributed by atoms with van der Waals surface area (Å²) >= 11 is 0. The summed E-state index contributed by atoms with van der Waals surface area (Å²) in [5.74, 6) is 0.680. The Morgan fingerprint density at radius 2 is 1.91 bits per heavy atom. The highest BCUT2D eigenvalue weighted by Crippen LogP contribution is 2.19. The van der Waals surface area contributed by atoms with Crippen LogP contribution in [-0.2, 0) is 0 Å². The van der Waals surface area contributed by atoms with Crippen molar-refractivity contribution < 1.29 is 0 Å². The van der Waals surface area contributed by atoms with E-state index in [-0.39, 0.29) is 0 Å². The summed E-state index contributed by atoms with van der Waals surface area (Å²) in [5.41, 5.74) is 1.47. The largest absolute Gasteiger partial charge is 0.314 e. The fourth-order valence-electron chi connectivity index (χ4n) is 2.78. The first-order chi connectivity index (χ1) is 10.7. The van der Waals surface area contributed by atoms with Crippen LogP contribution >= 0.6 is 0 Å². The number of hydrogen-bond acceptors (Lipinski definition) is 1. The zero-order valence-corrected chi connectivity index (χ0v) is 15.7. The average Bonchev–Trinajstić information content (AvgIpc) is 2.54. The van der Waals surface area contributed by atoms with Crippen molar-refractivity contribution in [1.29, 1.82) is 0 Å². The summed E-state index contributed by atoms with van der Waals surface area (Å²) in [6, 6.07) is 0.690. The molecule has 0 saturated carbocycles. The molecule has 1 N–H and O–H groups in total. The maximum Gasteiger partial charge on any atom is 0.126 e. The monoisotopic (exact) mass is 303 g/mol. The molecule has 2 unspecified atom stereocenters.